The molecule has 30 heavy (non-hydrogen) atoms. The van der Waals surface area contributed by atoms with Crippen molar-refractivity contribution in [3.63, 3.8) is 0 Å². The number of aryl methyl sites for hydroxylation is 1. The fraction of sp³-hybridized carbons (Fsp3) is 0.545. The number of carbonyl (C=O) groups excluding carboxylic acids is 4. The molecule has 0 spiro atoms. The maximum absolute atomic E-state index is 13.1. The first kappa shape index (κ1) is 20.4. The highest BCUT2D eigenvalue weighted by Gasteiger charge is 2.48. The molecule has 1 saturated carbocycles. The number of benzene rings is 1. The molecule has 2 N–H and O–H groups in total. The Morgan fingerprint density at radius 2 is 1.93 bits per heavy atom. The van der Waals surface area contributed by atoms with Crippen molar-refractivity contribution in [2.24, 2.45) is 0 Å². The van der Waals surface area contributed by atoms with Gasteiger partial charge in [0.1, 0.15) is 11.6 Å². The lowest BCUT2D eigenvalue weighted by molar-refractivity contribution is -0.136. The first-order valence-electron chi connectivity index (χ1n) is 10.3. The van der Waals surface area contributed by atoms with Crippen LogP contribution in [0.4, 0.5) is 4.79 Å². The van der Waals surface area contributed by atoms with Crippen molar-refractivity contribution in [2.45, 2.75) is 77.1 Å². The number of imide groups is 1. The van der Waals surface area contributed by atoms with Crippen LogP contribution in [0, 0.1) is 6.92 Å². The fourth-order valence-corrected chi connectivity index (χ4v) is 4.23. The molecular formula is C22H27N3O5. The van der Waals surface area contributed by atoms with Crippen LogP contribution >= 0.6 is 0 Å². The van der Waals surface area contributed by atoms with Crippen LogP contribution in [0.2, 0.25) is 0 Å². The van der Waals surface area contributed by atoms with Gasteiger partial charge in [-0.05, 0) is 69.7 Å². The topological polar surface area (TPSA) is 105 Å². The summed E-state index contributed by atoms with van der Waals surface area (Å²) in [6.45, 7) is 7.72. The Labute approximate surface area is 175 Å². The van der Waals surface area contributed by atoms with E-state index >= 15 is 0 Å². The zero-order valence-electron chi connectivity index (χ0n) is 17.8. The summed E-state index contributed by atoms with van der Waals surface area (Å²) in [5.41, 5.74) is 2.16. The molecule has 1 unspecified atom stereocenters. The summed E-state index contributed by atoms with van der Waals surface area (Å²) < 4.78 is 5.40. The van der Waals surface area contributed by atoms with Crippen molar-refractivity contribution >= 4 is 23.8 Å². The summed E-state index contributed by atoms with van der Waals surface area (Å²) in [4.78, 5) is 50.7. The van der Waals surface area contributed by atoms with Gasteiger partial charge in [-0.15, -0.1) is 0 Å². The predicted molar refractivity (Wildman–Crippen MR) is 108 cm³/mol. The maximum atomic E-state index is 13.1. The van der Waals surface area contributed by atoms with Crippen molar-refractivity contribution in [1.82, 2.24) is 15.5 Å². The van der Waals surface area contributed by atoms with Gasteiger partial charge >= 0.3 is 6.09 Å². The molecule has 4 rings (SSSR count). The number of fused-ring (bicyclic) bond motifs is 1. The average molecular weight is 413 g/mol. The van der Waals surface area contributed by atoms with Gasteiger partial charge in [-0.25, -0.2) is 4.79 Å². The predicted octanol–water partition coefficient (Wildman–Crippen LogP) is 2.27. The molecule has 2 heterocycles. The number of nitrogens with zero attached hydrogens (tertiary/aromatic N) is 1. The lowest BCUT2D eigenvalue weighted by Crippen LogP contribution is -2.52. The second kappa shape index (κ2) is 6.82. The van der Waals surface area contributed by atoms with E-state index in [1.54, 1.807) is 4.90 Å². The van der Waals surface area contributed by atoms with Crippen molar-refractivity contribution in [1.29, 1.82) is 0 Å². The number of rotatable bonds is 3. The quantitative estimate of drug-likeness (QED) is 0.740. The van der Waals surface area contributed by atoms with E-state index in [0.717, 1.165) is 29.5 Å². The van der Waals surface area contributed by atoms with E-state index in [0.29, 0.717) is 18.5 Å². The molecule has 4 amide bonds. The van der Waals surface area contributed by atoms with Crippen molar-refractivity contribution in [3.8, 4) is 0 Å². The number of piperidine rings is 1. The lowest BCUT2D eigenvalue weighted by Gasteiger charge is -2.29. The largest absolute Gasteiger partial charge is 0.444 e. The minimum atomic E-state index is -0.639. The fourth-order valence-electron chi connectivity index (χ4n) is 4.23. The van der Waals surface area contributed by atoms with Gasteiger partial charge in [-0.2, -0.15) is 0 Å². The smallest absolute Gasteiger partial charge is 0.408 e. The molecule has 8 heteroatoms. The first-order chi connectivity index (χ1) is 14.0. The Hall–Kier alpha value is -2.90. The van der Waals surface area contributed by atoms with Crippen LogP contribution in [0.5, 0.6) is 0 Å². The van der Waals surface area contributed by atoms with E-state index in [2.05, 4.69) is 10.6 Å². The minimum absolute atomic E-state index is 0.211. The number of nitrogens with one attached hydrogen (secondary N) is 2. The van der Waals surface area contributed by atoms with E-state index < -0.39 is 29.2 Å². The Kier molecular flexibility index (Phi) is 4.63. The van der Waals surface area contributed by atoms with Gasteiger partial charge in [0, 0.05) is 18.5 Å². The van der Waals surface area contributed by atoms with Gasteiger partial charge in [0.25, 0.3) is 5.91 Å². The third kappa shape index (κ3) is 3.66. The molecule has 8 nitrogen and oxygen atoms in total. The van der Waals surface area contributed by atoms with Gasteiger partial charge in [0.2, 0.25) is 11.8 Å². The summed E-state index contributed by atoms with van der Waals surface area (Å²) in [6, 6.07) is 3.20. The standard InChI is InChI=1S/C22H27N3O5/c1-12-9-13(22(7-8-22)24-20(29)30-21(2,3)4)10-14-15(12)11-25(19(14)28)16-5-6-17(26)23-18(16)27/h9-10,16H,5-8,11H2,1-4H3,(H,24,29)(H,23,26,27). The Morgan fingerprint density at radius 1 is 1.23 bits per heavy atom. The highest BCUT2D eigenvalue weighted by atomic mass is 16.6. The molecule has 0 aromatic heterocycles. The summed E-state index contributed by atoms with van der Waals surface area (Å²) in [5, 5.41) is 5.29. The number of carbonyl (C=O) groups is 4. The Morgan fingerprint density at radius 3 is 2.53 bits per heavy atom. The van der Waals surface area contributed by atoms with Crippen molar-refractivity contribution in [2.75, 3.05) is 0 Å². The molecule has 1 atom stereocenters. The normalized spacial score (nSPS) is 22.5. The second-order valence-corrected chi connectivity index (χ2v) is 9.43. The summed E-state index contributed by atoms with van der Waals surface area (Å²) in [5.74, 6) is -0.934. The van der Waals surface area contributed by atoms with Gasteiger partial charge < -0.3 is 15.0 Å². The molecule has 1 saturated heterocycles. The summed E-state index contributed by atoms with van der Waals surface area (Å²) in [6.07, 6.45) is 1.63. The molecule has 3 aliphatic rings. The zero-order valence-corrected chi connectivity index (χ0v) is 17.8. The first-order valence-corrected chi connectivity index (χ1v) is 10.3. The van der Waals surface area contributed by atoms with Gasteiger partial charge in [0.05, 0.1) is 5.54 Å². The molecule has 1 aliphatic carbocycles. The van der Waals surface area contributed by atoms with Gasteiger partial charge in [-0.1, -0.05) is 6.07 Å². The third-order valence-electron chi connectivity index (χ3n) is 5.92. The number of amides is 4. The second-order valence-electron chi connectivity index (χ2n) is 9.43. The average Bonchev–Trinajstić information content (AvgIpc) is 3.31. The molecule has 0 bridgehead atoms. The molecule has 160 valence electrons. The number of hydrogen-bond acceptors (Lipinski definition) is 5. The van der Waals surface area contributed by atoms with Crippen molar-refractivity contribution in [3.05, 3.63) is 34.4 Å². The molecule has 2 fully saturated rings. The van der Waals surface area contributed by atoms with Gasteiger partial charge in [-0.3, -0.25) is 19.7 Å². The number of alkyl carbamates (subject to hydrolysis) is 1. The number of ether oxygens (including phenoxy) is 1. The maximum Gasteiger partial charge on any atom is 0.408 e. The van der Waals surface area contributed by atoms with E-state index in [1.165, 1.54) is 0 Å². The van der Waals surface area contributed by atoms with E-state index in [9.17, 15) is 19.2 Å². The molecule has 0 radical (unpaired) electrons. The van der Waals surface area contributed by atoms with Crippen LogP contribution in [0.15, 0.2) is 12.1 Å². The zero-order chi connectivity index (χ0) is 21.8. The van der Waals surface area contributed by atoms with Crippen molar-refractivity contribution < 1.29 is 23.9 Å². The van der Waals surface area contributed by atoms with Gasteiger partial charge in [0.15, 0.2) is 0 Å². The number of hydrogen-bond donors (Lipinski definition) is 2. The van der Waals surface area contributed by atoms with Crippen LogP contribution in [0.1, 0.15) is 73.5 Å². The lowest BCUT2D eigenvalue weighted by atomic mass is 9.95. The minimum Gasteiger partial charge on any atom is -0.444 e. The molecule has 2 aliphatic heterocycles. The third-order valence-corrected chi connectivity index (χ3v) is 5.92. The van der Waals surface area contributed by atoms with E-state index in [4.69, 9.17) is 4.74 Å². The summed E-state index contributed by atoms with van der Waals surface area (Å²) in [7, 11) is 0. The molecule has 1 aromatic rings. The monoisotopic (exact) mass is 413 g/mol. The Bertz CT molecular complexity index is 958. The SMILES string of the molecule is Cc1cc(C2(NC(=O)OC(C)(C)C)CC2)cc2c1CN(C1CCC(=O)NC1=O)C2=O. The highest BCUT2D eigenvalue weighted by Crippen LogP contribution is 2.47. The van der Waals surface area contributed by atoms with Crippen LogP contribution in [0.3, 0.4) is 0 Å². The van der Waals surface area contributed by atoms with Crippen LogP contribution < -0.4 is 10.6 Å². The van der Waals surface area contributed by atoms with Crippen LogP contribution in [-0.4, -0.2) is 40.4 Å². The molecule has 1 aromatic carbocycles. The van der Waals surface area contributed by atoms with Crippen LogP contribution in [0.25, 0.3) is 0 Å². The Balaban J connectivity index is 1.57. The van der Waals surface area contributed by atoms with Crippen LogP contribution in [-0.2, 0) is 26.4 Å². The summed E-state index contributed by atoms with van der Waals surface area (Å²) >= 11 is 0. The highest BCUT2D eigenvalue weighted by molar-refractivity contribution is 6.05. The van der Waals surface area contributed by atoms with E-state index in [-0.39, 0.29) is 18.2 Å². The van der Waals surface area contributed by atoms with E-state index in [1.807, 2.05) is 39.8 Å². The molecular weight excluding hydrogens is 386 g/mol.